The van der Waals surface area contributed by atoms with E-state index in [4.69, 9.17) is 39.0 Å². The highest BCUT2D eigenvalue weighted by Crippen LogP contribution is 2.54. The van der Waals surface area contributed by atoms with Gasteiger partial charge in [-0.1, -0.05) is 118 Å². The molecule has 23 nitrogen and oxygen atoms in total. The number of terminal acetylenes is 1. The monoisotopic (exact) mass is 1490 g/mol. The van der Waals surface area contributed by atoms with Crippen molar-refractivity contribution in [3.63, 3.8) is 0 Å². The van der Waals surface area contributed by atoms with E-state index in [2.05, 4.69) is 80.6 Å². The Labute approximate surface area is 626 Å². The van der Waals surface area contributed by atoms with E-state index in [0.717, 1.165) is 121 Å². The summed E-state index contributed by atoms with van der Waals surface area (Å²) in [5.41, 5.74) is 0.727. The first kappa shape index (κ1) is 85.6. The van der Waals surface area contributed by atoms with Gasteiger partial charge in [0.05, 0.1) is 87.1 Å². The third-order valence-corrected chi connectivity index (χ3v) is 26.4. The summed E-state index contributed by atoms with van der Waals surface area (Å²) < 4.78 is 41.2. The number of imide groups is 2. The number of nitrogens with zero attached hydrogens (tertiary/aromatic N) is 7. The number of likely N-dealkylation sites (tertiary alicyclic amines) is 2. The Hall–Kier alpha value is -6.70. The van der Waals surface area contributed by atoms with E-state index < -0.39 is 34.0 Å². The lowest BCUT2D eigenvalue weighted by Crippen LogP contribution is -2.34. The number of benzene rings is 1. The van der Waals surface area contributed by atoms with Crippen molar-refractivity contribution in [3.05, 3.63) is 72.1 Å². The van der Waals surface area contributed by atoms with E-state index in [9.17, 15) is 43.2 Å². The maximum atomic E-state index is 13.8. The number of unbranched alkanes of at least 4 members (excludes halogenated alkanes) is 8. The normalized spacial score (nSPS) is 20.8. The van der Waals surface area contributed by atoms with Crippen LogP contribution in [0, 0.1) is 65.1 Å². The third kappa shape index (κ3) is 26.3. The Morgan fingerprint density at radius 3 is 1.46 bits per heavy atom. The molecule has 25 heteroatoms. The van der Waals surface area contributed by atoms with Crippen LogP contribution in [0.3, 0.4) is 0 Å². The van der Waals surface area contributed by atoms with E-state index in [-0.39, 0.29) is 153 Å². The molecule has 4 bridgehead atoms. The van der Waals surface area contributed by atoms with Crippen LogP contribution in [0.25, 0.3) is 0 Å². The maximum Gasteiger partial charge on any atom is 0.311 e. The molecule has 2 aromatic rings. The lowest BCUT2D eigenvalue weighted by molar-refractivity contribution is -0.154. The second-order valence-corrected chi connectivity index (χ2v) is 39.7. The van der Waals surface area contributed by atoms with Crippen LogP contribution >= 0.6 is 0 Å². The van der Waals surface area contributed by atoms with Crippen LogP contribution < -0.4 is 0 Å². The molecule has 4 fully saturated rings. The number of allylic oxidation sites excluding steroid dienone is 4. The van der Waals surface area contributed by atoms with Gasteiger partial charge in [0.1, 0.15) is 18.9 Å². The molecule has 582 valence electrons. The van der Waals surface area contributed by atoms with Crippen molar-refractivity contribution in [1.82, 2.24) is 34.6 Å². The molecule has 0 N–H and O–H groups in total. The Morgan fingerprint density at radius 1 is 0.562 bits per heavy atom. The largest absolute Gasteiger partial charge is 0.466 e. The molecule has 3 heterocycles. The van der Waals surface area contributed by atoms with Crippen LogP contribution in [0.5, 0.6) is 0 Å². The average Bonchev–Trinajstić information content (AvgIpc) is 1.58. The molecular weight excluding hydrogens is 1370 g/mol. The molecule has 9 atom stereocenters. The van der Waals surface area contributed by atoms with Gasteiger partial charge in [-0.3, -0.25) is 53.0 Å². The molecule has 0 spiro atoms. The first-order valence-electron chi connectivity index (χ1n) is 39.4. The first-order chi connectivity index (χ1) is 50.4. The van der Waals surface area contributed by atoms with Gasteiger partial charge in [-0.25, -0.2) is 4.68 Å². The van der Waals surface area contributed by atoms with Crippen molar-refractivity contribution in [2.45, 2.75) is 220 Å². The van der Waals surface area contributed by atoms with Gasteiger partial charge in [0.2, 0.25) is 35.4 Å². The van der Waals surface area contributed by atoms with Crippen molar-refractivity contribution >= 4 is 70.0 Å². The number of fused-ring (bicyclic) bond motifs is 10. The Kier molecular flexibility index (Phi) is 35.3. The van der Waals surface area contributed by atoms with Crippen LogP contribution in [0.1, 0.15) is 187 Å². The van der Waals surface area contributed by atoms with Gasteiger partial charge in [0.15, 0.2) is 16.6 Å². The van der Waals surface area contributed by atoms with Crippen molar-refractivity contribution in [2.24, 2.45) is 52.8 Å². The Balaban J connectivity index is 0.000000314. The summed E-state index contributed by atoms with van der Waals surface area (Å²) in [5.74, 6) is 1.20. The zero-order valence-electron chi connectivity index (χ0n) is 64.6. The quantitative estimate of drug-likeness (QED) is 0.0113. The van der Waals surface area contributed by atoms with E-state index in [1.807, 2.05) is 50.4 Å². The number of amides is 6. The average molecular weight is 1500 g/mol. The molecule has 2 aliphatic heterocycles. The molecule has 1 unspecified atom stereocenters. The van der Waals surface area contributed by atoms with Crippen molar-refractivity contribution in [1.29, 1.82) is 0 Å². The topological polar surface area (TPSA) is 262 Å². The zero-order chi connectivity index (χ0) is 75.9. The second kappa shape index (κ2) is 43.3. The zero-order valence-corrected chi connectivity index (χ0v) is 66.6. The van der Waals surface area contributed by atoms with E-state index >= 15 is 0 Å². The lowest BCUT2D eigenvalue weighted by Gasteiger charge is -2.28. The molecule has 6 aliphatic rings. The summed E-state index contributed by atoms with van der Waals surface area (Å²) in [6, 6.07) is 11.5. The lowest BCUT2D eigenvalue weighted by atomic mass is 9.83. The Morgan fingerprint density at radius 2 is 1.01 bits per heavy atom. The van der Waals surface area contributed by atoms with Gasteiger partial charge in [0, 0.05) is 65.4 Å². The van der Waals surface area contributed by atoms with Crippen LogP contribution in [0.4, 0.5) is 0 Å². The molecule has 2 saturated heterocycles. The summed E-state index contributed by atoms with van der Waals surface area (Å²) in [6.45, 7) is 25.0. The van der Waals surface area contributed by atoms with Crippen molar-refractivity contribution in [2.75, 3.05) is 92.2 Å². The number of carbonyl (C=O) groups is 9. The molecule has 0 radical (unpaired) electrons. The number of aromatic nitrogens is 3. The number of carbonyl (C=O) groups excluding carboxylic acids is 9. The minimum atomic E-state index is -1.70. The van der Waals surface area contributed by atoms with Crippen molar-refractivity contribution < 1.29 is 75.7 Å². The molecule has 6 amide bonds. The highest BCUT2D eigenvalue weighted by atomic mass is 28.4. The number of rotatable bonds is 51. The number of hydrogen-bond donors (Lipinski definition) is 0. The van der Waals surface area contributed by atoms with Crippen LogP contribution in [0.2, 0.25) is 38.3 Å². The van der Waals surface area contributed by atoms with Gasteiger partial charge < -0.3 is 42.3 Å². The molecule has 1 aromatic carbocycles. The van der Waals surface area contributed by atoms with Gasteiger partial charge in [-0.05, 0) is 159 Å². The predicted octanol–water partition coefficient (Wildman–Crippen LogP) is 11.9. The van der Waals surface area contributed by atoms with Gasteiger partial charge in [-0.2, -0.15) is 0 Å². The Bertz CT molecular complexity index is 3180. The summed E-state index contributed by atoms with van der Waals surface area (Å²) in [4.78, 5) is 122. The summed E-state index contributed by atoms with van der Waals surface area (Å²) in [6.07, 6.45) is 30.4. The fourth-order valence-electron chi connectivity index (χ4n) is 15.4. The third-order valence-electron chi connectivity index (χ3n) is 21.4. The fraction of sp³-hybridized carbons (Fsp3) is 0.713. The smallest absolute Gasteiger partial charge is 0.311 e. The minimum absolute atomic E-state index is 0.00586. The molecule has 2 saturated carbocycles. The highest BCUT2D eigenvalue weighted by molar-refractivity contribution is 6.71. The highest BCUT2D eigenvalue weighted by Gasteiger charge is 2.60. The van der Waals surface area contributed by atoms with Crippen molar-refractivity contribution in [3.8, 4) is 12.3 Å². The first-order valence-corrected chi connectivity index (χ1v) is 45.6. The second-order valence-electron chi connectivity index (χ2n) is 31.0. The van der Waals surface area contributed by atoms with Gasteiger partial charge in [0.25, 0.3) is 0 Å². The van der Waals surface area contributed by atoms with E-state index in [1.165, 1.54) is 9.80 Å². The molecule has 4 aliphatic carbocycles. The van der Waals surface area contributed by atoms with Crippen LogP contribution in [-0.4, -0.2) is 197 Å². The number of hydrogen-bond acceptors (Lipinski definition) is 18. The SMILES string of the molecule is C#CCN(CCCCCCN1C(=O)[C@@H]2[C@H](C1=O)[C@H]1C=C[C@@H]2C1)C(=O)CCC(=O)OCCOCCC[Si](C)(C)OCCCC.CCCCO[Si](C)(C)CCCOCCOC(=O)CCC(=O)N(CCCCCCN1C(=O)[C@@H]2[C@H](C1=O)[C@H]1C=C[C@@H]2C1)Cc1cn(C(CC(C)(C)C(=O)OCC)c2ccccc2)nn1. The standard InChI is InChI=1S/C47H71N5O9Si.C33H52N2O7Si/c1-7-9-27-61-62(5,6)30-17-26-58-28-29-60-41(54)23-22-40(53)50(24-15-10-11-16-25-51-44(55)42-36-20-21-37(31-36)43(42)45(51)56)33-38-34-52(49-48-38)39(35-18-13-12-14-19-35)32-47(3,4)46(57)59-8-2;1-5-7-21-42-43(3,4)24-12-20-40-22-23-41-29(37)16-15-28(36)34(17-6-2)18-10-8-9-11-19-35-32(38)30-26-13-14-27(25-26)31(30)33(35)39/h12-14,18-21,34,36-37,39,42-43H,7-11,15-17,22-33H2,1-6H3;2,13-14,26-27,30-31H,5,7-12,15-25H2,1,3-4H3/t36-,37+,39?,42+,43-;26-,27+,30+,31-. The van der Waals surface area contributed by atoms with Crippen LogP contribution in [0.15, 0.2) is 60.8 Å². The van der Waals surface area contributed by atoms with Gasteiger partial charge in [-0.15, -0.1) is 11.5 Å². The number of ether oxygens (including phenoxy) is 5. The predicted molar refractivity (Wildman–Crippen MR) is 404 cm³/mol. The van der Waals surface area contributed by atoms with E-state index in [0.29, 0.717) is 77.6 Å². The van der Waals surface area contributed by atoms with E-state index in [1.54, 1.807) is 21.4 Å². The number of esters is 3. The molecule has 8 rings (SSSR count). The minimum Gasteiger partial charge on any atom is -0.466 e. The molecular formula is C80H123N7O16Si2. The summed E-state index contributed by atoms with van der Waals surface area (Å²) in [5, 5.41) is 8.95. The fourth-order valence-corrected chi connectivity index (χ4v) is 19.1. The molecule has 1 aromatic heterocycles. The van der Waals surface area contributed by atoms with Crippen LogP contribution in [-0.2, 0) is 82.2 Å². The van der Waals surface area contributed by atoms with Gasteiger partial charge >= 0.3 is 17.9 Å². The molecule has 105 heavy (non-hydrogen) atoms. The maximum absolute atomic E-state index is 13.8. The summed E-state index contributed by atoms with van der Waals surface area (Å²) >= 11 is 0. The summed E-state index contributed by atoms with van der Waals surface area (Å²) in [7, 11) is -3.33.